The molecule has 1 unspecified atom stereocenters. The Bertz CT molecular complexity index is 498. The minimum absolute atomic E-state index is 0.0151. The van der Waals surface area contributed by atoms with E-state index in [0.717, 1.165) is 29.0 Å². The van der Waals surface area contributed by atoms with Crippen LogP contribution in [0.1, 0.15) is 23.1 Å². The lowest BCUT2D eigenvalue weighted by molar-refractivity contribution is 0.367. The molecule has 3 rings (SSSR count). The van der Waals surface area contributed by atoms with Crippen molar-refractivity contribution in [2.75, 3.05) is 6.54 Å². The van der Waals surface area contributed by atoms with Crippen LogP contribution in [0.5, 0.6) is 0 Å². The highest BCUT2D eigenvalue weighted by Gasteiger charge is 2.27. The van der Waals surface area contributed by atoms with E-state index >= 15 is 0 Å². The van der Waals surface area contributed by atoms with Crippen LogP contribution in [0.2, 0.25) is 0 Å². The maximum Gasteiger partial charge on any atom is 0.183 e. The SMILES string of the molecule is Brc1cc(C2NCCc3ccoc32)oc1Br. The van der Waals surface area contributed by atoms with Gasteiger partial charge in [-0.1, -0.05) is 0 Å². The van der Waals surface area contributed by atoms with Gasteiger partial charge in [0.2, 0.25) is 0 Å². The summed E-state index contributed by atoms with van der Waals surface area (Å²) in [6, 6.07) is 4.00. The molecule has 0 saturated carbocycles. The minimum atomic E-state index is 0.0151. The van der Waals surface area contributed by atoms with Crippen molar-refractivity contribution in [1.29, 1.82) is 0 Å². The van der Waals surface area contributed by atoms with Gasteiger partial charge in [-0.3, -0.25) is 0 Å². The normalized spacial score (nSPS) is 19.8. The van der Waals surface area contributed by atoms with Gasteiger partial charge < -0.3 is 14.2 Å². The van der Waals surface area contributed by atoms with Crippen LogP contribution in [-0.4, -0.2) is 6.54 Å². The van der Waals surface area contributed by atoms with Gasteiger partial charge in [-0.05, 0) is 56.0 Å². The Balaban J connectivity index is 2.03. The molecule has 2 aromatic heterocycles. The van der Waals surface area contributed by atoms with Gasteiger partial charge >= 0.3 is 0 Å². The number of halogens is 2. The second-order valence-corrected chi connectivity index (χ2v) is 5.29. The summed E-state index contributed by atoms with van der Waals surface area (Å²) < 4.78 is 12.8. The number of nitrogens with one attached hydrogen (secondary N) is 1. The molecule has 1 aliphatic heterocycles. The number of fused-ring (bicyclic) bond motifs is 1. The molecule has 16 heavy (non-hydrogen) atoms. The van der Waals surface area contributed by atoms with Gasteiger partial charge in [-0.15, -0.1) is 0 Å². The molecule has 2 aromatic rings. The van der Waals surface area contributed by atoms with Gasteiger partial charge in [0.1, 0.15) is 17.6 Å². The molecule has 84 valence electrons. The highest BCUT2D eigenvalue weighted by molar-refractivity contribution is 9.13. The Kier molecular flexibility index (Phi) is 2.69. The summed E-state index contributed by atoms with van der Waals surface area (Å²) >= 11 is 6.76. The van der Waals surface area contributed by atoms with Gasteiger partial charge in [0.15, 0.2) is 4.67 Å². The van der Waals surface area contributed by atoms with Gasteiger partial charge in [-0.25, -0.2) is 0 Å². The zero-order valence-corrected chi connectivity index (χ0v) is 11.5. The summed E-state index contributed by atoms with van der Waals surface area (Å²) in [5.74, 6) is 1.81. The maximum absolute atomic E-state index is 5.63. The van der Waals surface area contributed by atoms with E-state index in [9.17, 15) is 0 Å². The molecule has 0 bridgehead atoms. The second-order valence-electron chi connectivity index (χ2n) is 3.72. The van der Waals surface area contributed by atoms with E-state index in [0.29, 0.717) is 4.67 Å². The predicted octanol–water partition coefficient (Wildman–Crippen LogP) is 3.63. The third-order valence-electron chi connectivity index (χ3n) is 2.73. The first kappa shape index (κ1) is 10.6. The van der Waals surface area contributed by atoms with Crippen molar-refractivity contribution in [3.8, 4) is 0 Å². The van der Waals surface area contributed by atoms with Gasteiger partial charge in [-0.2, -0.15) is 0 Å². The quantitative estimate of drug-likeness (QED) is 0.856. The van der Waals surface area contributed by atoms with E-state index in [1.165, 1.54) is 5.56 Å². The summed E-state index contributed by atoms with van der Waals surface area (Å²) in [7, 11) is 0. The zero-order chi connectivity index (χ0) is 11.1. The monoisotopic (exact) mass is 345 g/mol. The lowest BCUT2D eigenvalue weighted by Gasteiger charge is -2.20. The average Bonchev–Trinajstić information content (AvgIpc) is 2.85. The van der Waals surface area contributed by atoms with Crippen LogP contribution >= 0.6 is 31.9 Å². The Morgan fingerprint density at radius 3 is 3.00 bits per heavy atom. The molecule has 3 heterocycles. The molecule has 0 fully saturated rings. The average molecular weight is 347 g/mol. The number of hydrogen-bond donors (Lipinski definition) is 1. The summed E-state index contributed by atoms with van der Waals surface area (Å²) in [6.45, 7) is 0.938. The molecule has 1 atom stereocenters. The van der Waals surface area contributed by atoms with Crippen molar-refractivity contribution >= 4 is 31.9 Å². The predicted molar refractivity (Wildman–Crippen MR) is 66.4 cm³/mol. The molecule has 0 aliphatic carbocycles. The van der Waals surface area contributed by atoms with Crippen LogP contribution in [-0.2, 0) is 6.42 Å². The highest BCUT2D eigenvalue weighted by atomic mass is 79.9. The molecular weight excluding hydrogens is 338 g/mol. The lowest BCUT2D eigenvalue weighted by atomic mass is 10.0. The van der Waals surface area contributed by atoms with E-state index in [-0.39, 0.29) is 6.04 Å². The molecule has 5 heteroatoms. The molecule has 1 N–H and O–H groups in total. The first-order valence-electron chi connectivity index (χ1n) is 5.00. The molecule has 0 spiro atoms. The molecule has 0 radical (unpaired) electrons. The maximum atomic E-state index is 5.63. The summed E-state index contributed by atoms with van der Waals surface area (Å²) in [5.41, 5.74) is 1.26. The Morgan fingerprint density at radius 2 is 2.25 bits per heavy atom. The topological polar surface area (TPSA) is 38.3 Å². The number of furan rings is 2. The van der Waals surface area contributed by atoms with Gasteiger partial charge in [0, 0.05) is 6.54 Å². The second kappa shape index (κ2) is 4.05. The molecule has 0 aromatic carbocycles. The van der Waals surface area contributed by atoms with Crippen molar-refractivity contribution in [2.45, 2.75) is 12.5 Å². The van der Waals surface area contributed by atoms with E-state index in [2.05, 4.69) is 37.2 Å². The van der Waals surface area contributed by atoms with E-state index in [1.54, 1.807) is 6.26 Å². The van der Waals surface area contributed by atoms with Gasteiger partial charge in [0.05, 0.1) is 10.7 Å². The molecular formula is C11H9Br2NO2. The zero-order valence-electron chi connectivity index (χ0n) is 8.30. The highest BCUT2D eigenvalue weighted by Crippen LogP contribution is 2.35. The Labute approximate surface area is 109 Å². The summed E-state index contributed by atoms with van der Waals surface area (Å²) in [4.78, 5) is 0. The van der Waals surface area contributed by atoms with Crippen molar-refractivity contribution in [3.05, 3.63) is 44.6 Å². The minimum Gasteiger partial charge on any atom is -0.467 e. The van der Waals surface area contributed by atoms with Crippen LogP contribution in [0.15, 0.2) is 36.4 Å². The third kappa shape index (κ3) is 1.67. The molecule has 0 amide bonds. The Hall–Kier alpha value is -0.520. The van der Waals surface area contributed by atoms with Crippen LogP contribution in [0.4, 0.5) is 0 Å². The molecule has 3 nitrogen and oxygen atoms in total. The van der Waals surface area contributed by atoms with Crippen molar-refractivity contribution in [3.63, 3.8) is 0 Å². The van der Waals surface area contributed by atoms with E-state index in [4.69, 9.17) is 8.83 Å². The fraction of sp³-hybridized carbons (Fsp3) is 0.273. The van der Waals surface area contributed by atoms with Crippen LogP contribution in [0, 0.1) is 0 Å². The fourth-order valence-corrected chi connectivity index (χ4v) is 2.59. The van der Waals surface area contributed by atoms with Crippen LogP contribution in [0.25, 0.3) is 0 Å². The van der Waals surface area contributed by atoms with Gasteiger partial charge in [0.25, 0.3) is 0 Å². The van der Waals surface area contributed by atoms with Crippen molar-refractivity contribution in [2.24, 2.45) is 0 Å². The molecule has 1 aliphatic rings. The number of hydrogen-bond acceptors (Lipinski definition) is 3. The van der Waals surface area contributed by atoms with Crippen molar-refractivity contribution < 1.29 is 8.83 Å². The van der Waals surface area contributed by atoms with Crippen LogP contribution < -0.4 is 5.32 Å². The van der Waals surface area contributed by atoms with Crippen LogP contribution in [0.3, 0.4) is 0 Å². The summed E-state index contributed by atoms with van der Waals surface area (Å²) in [6.07, 6.45) is 2.74. The Morgan fingerprint density at radius 1 is 1.38 bits per heavy atom. The third-order valence-corrected chi connectivity index (χ3v) is 4.44. The fourth-order valence-electron chi connectivity index (χ4n) is 1.99. The smallest absolute Gasteiger partial charge is 0.183 e. The van der Waals surface area contributed by atoms with E-state index < -0.39 is 0 Å². The van der Waals surface area contributed by atoms with Crippen molar-refractivity contribution in [1.82, 2.24) is 5.32 Å². The van der Waals surface area contributed by atoms with E-state index in [1.807, 2.05) is 12.1 Å². The standard InChI is InChI=1S/C11H9Br2NO2/c12-7-5-8(16-11(7)13)9-10-6(1-3-14-9)2-4-15-10/h2,4-5,9,14H,1,3H2. The molecule has 0 saturated heterocycles. The largest absolute Gasteiger partial charge is 0.467 e. The first-order chi connectivity index (χ1) is 7.75. The first-order valence-corrected chi connectivity index (χ1v) is 6.58. The summed E-state index contributed by atoms with van der Waals surface area (Å²) in [5, 5.41) is 3.39. The number of rotatable bonds is 1. The lowest BCUT2D eigenvalue weighted by Crippen LogP contribution is -2.29.